The lowest BCUT2D eigenvalue weighted by atomic mass is 10.1. The van der Waals surface area contributed by atoms with Crippen molar-refractivity contribution < 1.29 is 0 Å². The van der Waals surface area contributed by atoms with Gasteiger partial charge in [0.05, 0.1) is 0 Å². The first kappa shape index (κ1) is 14.3. The van der Waals surface area contributed by atoms with Crippen LogP contribution in [0.4, 0.5) is 5.95 Å². The Morgan fingerprint density at radius 2 is 2.10 bits per heavy atom. The Bertz CT molecular complexity index is 644. The van der Waals surface area contributed by atoms with Crippen LogP contribution in [0.3, 0.4) is 0 Å². The zero-order valence-electron chi connectivity index (χ0n) is 12.4. The monoisotopic (exact) mass is 304 g/mol. The van der Waals surface area contributed by atoms with Crippen molar-refractivity contribution in [3.05, 3.63) is 44.5 Å². The van der Waals surface area contributed by atoms with E-state index in [0.29, 0.717) is 12.0 Å². The fraction of sp³-hybridized carbons (Fsp3) is 0.467. The zero-order valence-corrected chi connectivity index (χ0v) is 13.2. The van der Waals surface area contributed by atoms with Gasteiger partial charge in [0.15, 0.2) is 0 Å². The minimum Gasteiger partial charge on any atom is -0.340 e. The summed E-state index contributed by atoms with van der Waals surface area (Å²) in [5, 5.41) is 4.35. The molecule has 2 aromatic heterocycles. The summed E-state index contributed by atoms with van der Waals surface area (Å²) in [4.78, 5) is 23.4. The average Bonchev–Trinajstić information content (AvgIpc) is 3.00. The molecule has 0 bridgehead atoms. The summed E-state index contributed by atoms with van der Waals surface area (Å²) in [6, 6.07) is 4.17. The first-order valence-corrected chi connectivity index (χ1v) is 8.17. The maximum Gasteiger partial charge on any atom is 0.252 e. The van der Waals surface area contributed by atoms with Gasteiger partial charge in [-0.2, -0.15) is 11.3 Å². The zero-order chi connectivity index (χ0) is 14.8. The van der Waals surface area contributed by atoms with E-state index >= 15 is 0 Å². The van der Waals surface area contributed by atoms with Gasteiger partial charge in [0.2, 0.25) is 5.95 Å². The van der Waals surface area contributed by atoms with Gasteiger partial charge in [-0.3, -0.25) is 14.7 Å². The number of rotatable bonds is 3. The Balaban J connectivity index is 1.66. The number of thiophene rings is 1. The molecule has 5 nitrogen and oxygen atoms in total. The normalized spacial score (nSPS) is 17.9. The Morgan fingerprint density at radius 3 is 2.71 bits per heavy atom. The van der Waals surface area contributed by atoms with E-state index in [9.17, 15) is 4.79 Å². The molecule has 3 rings (SSSR count). The summed E-state index contributed by atoms with van der Waals surface area (Å²) >= 11 is 1.75. The Kier molecular flexibility index (Phi) is 4.07. The van der Waals surface area contributed by atoms with E-state index in [1.165, 1.54) is 11.6 Å². The van der Waals surface area contributed by atoms with Gasteiger partial charge >= 0.3 is 0 Å². The summed E-state index contributed by atoms with van der Waals surface area (Å²) in [6.45, 7) is 7.85. The fourth-order valence-corrected chi connectivity index (χ4v) is 3.50. The van der Waals surface area contributed by atoms with Crippen LogP contribution < -0.4 is 10.5 Å². The maximum atomic E-state index is 11.6. The van der Waals surface area contributed by atoms with E-state index in [0.717, 1.165) is 31.9 Å². The third-order valence-electron chi connectivity index (χ3n) is 4.04. The molecule has 1 N–H and O–H groups in total. The molecular weight excluding hydrogens is 284 g/mol. The van der Waals surface area contributed by atoms with Crippen molar-refractivity contribution in [2.24, 2.45) is 0 Å². The molecule has 0 amide bonds. The summed E-state index contributed by atoms with van der Waals surface area (Å²) in [7, 11) is 0. The molecule has 1 aliphatic heterocycles. The third-order valence-corrected chi connectivity index (χ3v) is 4.75. The number of nitrogens with one attached hydrogen (secondary N) is 1. The highest BCUT2D eigenvalue weighted by Crippen LogP contribution is 2.24. The van der Waals surface area contributed by atoms with Crippen LogP contribution >= 0.6 is 11.3 Å². The SMILES string of the molecule is Cc1cc(=O)[nH]c(N2CCN(C(C)c3ccsc3)CC2)n1. The lowest BCUT2D eigenvalue weighted by Gasteiger charge is -2.38. The van der Waals surface area contributed by atoms with Gasteiger partial charge < -0.3 is 4.90 Å². The van der Waals surface area contributed by atoms with Crippen molar-refractivity contribution in [1.29, 1.82) is 0 Å². The van der Waals surface area contributed by atoms with Gasteiger partial charge in [-0.15, -0.1) is 0 Å². The number of H-pyrrole nitrogens is 1. The van der Waals surface area contributed by atoms with E-state index in [-0.39, 0.29) is 5.56 Å². The van der Waals surface area contributed by atoms with Crippen LogP contribution in [0.15, 0.2) is 27.7 Å². The molecule has 1 atom stereocenters. The summed E-state index contributed by atoms with van der Waals surface area (Å²) in [6.07, 6.45) is 0. The quantitative estimate of drug-likeness (QED) is 0.942. The summed E-state index contributed by atoms with van der Waals surface area (Å²) < 4.78 is 0. The van der Waals surface area contributed by atoms with Gasteiger partial charge in [-0.25, -0.2) is 4.98 Å². The van der Waals surface area contributed by atoms with E-state index in [2.05, 4.69) is 43.5 Å². The van der Waals surface area contributed by atoms with Gasteiger partial charge in [0.25, 0.3) is 5.56 Å². The Labute approximate surface area is 128 Å². The Hall–Kier alpha value is -1.66. The number of aryl methyl sites for hydroxylation is 1. The molecule has 0 radical (unpaired) electrons. The van der Waals surface area contributed by atoms with Crippen molar-refractivity contribution in [3.63, 3.8) is 0 Å². The maximum absolute atomic E-state index is 11.6. The topological polar surface area (TPSA) is 52.2 Å². The fourth-order valence-electron chi connectivity index (χ4n) is 2.76. The van der Waals surface area contributed by atoms with Crippen LogP contribution in [0.5, 0.6) is 0 Å². The molecule has 6 heteroatoms. The second-order valence-electron chi connectivity index (χ2n) is 5.47. The molecule has 3 heterocycles. The highest BCUT2D eigenvalue weighted by molar-refractivity contribution is 7.07. The second-order valence-corrected chi connectivity index (χ2v) is 6.25. The van der Waals surface area contributed by atoms with Gasteiger partial charge in [-0.05, 0) is 36.2 Å². The first-order valence-electron chi connectivity index (χ1n) is 7.22. The first-order chi connectivity index (χ1) is 10.1. The molecular formula is C15H20N4OS. The van der Waals surface area contributed by atoms with Crippen LogP contribution in [-0.4, -0.2) is 41.0 Å². The number of hydrogen-bond acceptors (Lipinski definition) is 5. The van der Waals surface area contributed by atoms with Crippen molar-refractivity contribution in [2.75, 3.05) is 31.1 Å². The highest BCUT2D eigenvalue weighted by Gasteiger charge is 2.23. The largest absolute Gasteiger partial charge is 0.340 e. The second kappa shape index (κ2) is 5.99. The average molecular weight is 304 g/mol. The van der Waals surface area contributed by atoms with Crippen LogP contribution in [0.25, 0.3) is 0 Å². The van der Waals surface area contributed by atoms with Crippen molar-refractivity contribution >= 4 is 17.3 Å². The van der Waals surface area contributed by atoms with E-state index in [4.69, 9.17) is 0 Å². The minimum absolute atomic E-state index is 0.0772. The molecule has 1 saturated heterocycles. The third kappa shape index (κ3) is 3.16. The van der Waals surface area contributed by atoms with Crippen LogP contribution in [0.2, 0.25) is 0 Å². The number of aromatic amines is 1. The van der Waals surface area contributed by atoms with Crippen molar-refractivity contribution in [3.8, 4) is 0 Å². The van der Waals surface area contributed by atoms with Crippen LogP contribution in [0.1, 0.15) is 24.2 Å². The predicted octanol–water partition coefficient (Wildman–Crippen LogP) is 2.02. The molecule has 0 spiro atoms. The Morgan fingerprint density at radius 1 is 1.33 bits per heavy atom. The number of hydrogen-bond donors (Lipinski definition) is 1. The van der Waals surface area contributed by atoms with Gasteiger partial charge in [0.1, 0.15) is 0 Å². The molecule has 0 aromatic carbocycles. The van der Waals surface area contributed by atoms with Gasteiger partial charge in [-0.1, -0.05) is 0 Å². The summed E-state index contributed by atoms with van der Waals surface area (Å²) in [5.74, 6) is 0.697. The van der Waals surface area contributed by atoms with E-state index in [1.807, 2.05) is 6.92 Å². The highest BCUT2D eigenvalue weighted by atomic mass is 32.1. The predicted molar refractivity (Wildman–Crippen MR) is 86.1 cm³/mol. The summed E-state index contributed by atoms with van der Waals surface area (Å²) in [5.41, 5.74) is 2.07. The van der Waals surface area contributed by atoms with Gasteiger partial charge in [0, 0.05) is 44.0 Å². The minimum atomic E-state index is -0.0772. The van der Waals surface area contributed by atoms with Crippen molar-refractivity contribution in [2.45, 2.75) is 19.9 Å². The molecule has 1 aliphatic rings. The number of aromatic nitrogens is 2. The lowest BCUT2D eigenvalue weighted by Crippen LogP contribution is -2.48. The van der Waals surface area contributed by atoms with E-state index < -0.39 is 0 Å². The number of piperazine rings is 1. The molecule has 0 aliphatic carbocycles. The van der Waals surface area contributed by atoms with Crippen LogP contribution in [0, 0.1) is 6.92 Å². The molecule has 1 fully saturated rings. The van der Waals surface area contributed by atoms with E-state index in [1.54, 1.807) is 11.3 Å². The molecule has 112 valence electrons. The molecule has 21 heavy (non-hydrogen) atoms. The lowest BCUT2D eigenvalue weighted by molar-refractivity contribution is 0.198. The van der Waals surface area contributed by atoms with Crippen molar-refractivity contribution in [1.82, 2.24) is 14.9 Å². The standard InChI is InChI=1S/C15H20N4OS/c1-11-9-14(20)17-15(16-11)19-6-4-18(5-7-19)12(2)13-3-8-21-10-13/h3,8-10,12H,4-7H2,1-2H3,(H,16,17,20). The molecule has 0 saturated carbocycles. The smallest absolute Gasteiger partial charge is 0.252 e. The van der Waals surface area contributed by atoms with Crippen LogP contribution in [-0.2, 0) is 0 Å². The number of nitrogens with zero attached hydrogens (tertiary/aromatic N) is 3. The number of anilines is 1. The molecule has 2 aromatic rings. The molecule has 1 unspecified atom stereocenters.